The Balaban J connectivity index is 2.22. The van der Waals surface area contributed by atoms with Gasteiger partial charge in [0, 0.05) is 12.6 Å². The number of nitrogens with two attached hydrogens (primary N) is 1. The average Bonchev–Trinajstić information content (AvgIpc) is 2.93. The van der Waals surface area contributed by atoms with E-state index < -0.39 is 40.7 Å². The van der Waals surface area contributed by atoms with Gasteiger partial charge in [-0.3, -0.25) is 4.79 Å². The lowest BCUT2D eigenvalue weighted by molar-refractivity contribution is -0.143. The monoisotopic (exact) mass is 400 g/mol. The van der Waals surface area contributed by atoms with Crippen molar-refractivity contribution in [1.29, 1.82) is 0 Å². The predicted octanol–water partition coefficient (Wildman–Crippen LogP) is 3.95. The van der Waals surface area contributed by atoms with E-state index in [0.29, 0.717) is 31.4 Å². The quantitative estimate of drug-likeness (QED) is 0.753. The largest absolute Gasteiger partial charge is 0.416 e. The molecule has 1 aliphatic carbocycles. The first-order valence-electron chi connectivity index (χ1n) is 7.75. The van der Waals surface area contributed by atoms with Crippen LogP contribution in [0, 0.1) is 0 Å². The number of rotatable bonds is 4. The summed E-state index contributed by atoms with van der Waals surface area (Å²) in [6.45, 7) is -0.427. The van der Waals surface area contributed by atoms with Crippen LogP contribution < -0.4 is 11.1 Å². The second kappa shape index (κ2) is 7.30. The zero-order valence-electron chi connectivity index (χ0n) is 13.8. The lowest BCUT2D eigenvalue weighted by atomic mass is 10.0. The number of halogens is 6. The number of amides is 1. The summed E-state index contributed by atoms with van der Waals surface area (Å²) in [5.74, 6) is -0.427. The Labute approximate surface area is 150 Å². The summed E-state index contributed by atoms with van der Waals surface area (Å²) in [6, 6.07) is 1.13. The Morgan fingerprint density at radius 3 is 2.12 bits per heavy atom. The predicted molar refractivity (Wildman–Crippen MR) is 86.4 cm³/mol. The highest BCUT2D eigenvalue weighted by Gasteiger charge is 2.43. The zero-order valence-corrected chi connectivity index (χ0v) is 14.6. The first-order chi connectivity index (χ1) is 11.9. The van der Waals surface area contributed by atoms with Crippen LogP contribution in [0.15, 0.2) is 18.2 Å². The van der Waals surface area contributed by atoms with E-state index >= 15 is 0 Å². The molecule has 146 valence electrons. The Hall–Kier alpha value is -1.42. The molecule has 0 aromatic heterocycles. The van der Waals surface area contributed by atoms with Crippen LogP contribution in [-0.2, 0) is 23.7 Å². The van der Waals surface area contributed by atoms with E-state index in [2.05, 4.69) is 5.32 Å². The third-order valence-electron chi connectivity index (χ3n) is 4.42. The van der Waals surface area contributed by atoms with Crippen molar-refractivity contribution in [1.82, 2.24) is 5.32 Å². The second-order valence-electron chi connectivity index (χ2n) is 6.30. The maximum absolute atomic E-state index is 12.9. The van der Waals surface area contributed by atoms with Gasteiger partial charge in [-0.1, -0.05) is 0 Å². The molecule has 1 aromatic carbocycles. The molecule has 0 aliphatic heterocycles. The van der Waals surface area contributed by atoms with Crippen LogP contribution in [-0.4, -0.2) is 23.0 Å². The summed E-state index contributed by atoms with van der Waals surface area (Å²) in [7, 11) is 0. The van der Waals surface area contributed by atoms with Gasteiger partial charge in [0.1, 0.15) is 0 Å². The molecule has 0 saturated heterocycles. The smallest absolute Gasteiger partial charge is 0.351 e. The van der Waals surface area contributed by atoms with Crippen LogP contribution >= 0.6 is 11.8 Å². The number of carbonyl (C=O) groups excluding carboxylic acids is 1. The number of carbonyl (C=O) groups is 1. The molecule has 1 fully saturated rings. The fourth-order valence-corrected chi connectivity index (χ4v) is 3.96. The van der Waals surface area contributed by atoms with E-state index in [1.54, 1.807) is 6.26 Å². The number of benzene rings is 1. The van der Waals surface area contributed by atoms with Gasteiger partial charge < -0.3 is 11.1 Å². The molecule has 3 nitrogen and oxygen atoms in total. The molecule has 26 heavy (non-hydrogen) atoms. The van der Waals surface area contributed by atoms with Crippen molar-refractivity contribution >= 4 is 17.7 Å². The maximum Gasteiger partial charge on any atom is 0.416 e. The van der Waals surface area contributed by atoms with E-state index in [1.807, 2.05) is 0 Å². The first-order valence-corrected chi connectivity index (χ1v) is 8.97. The number of alkyl halides is 6. The van der Waals surface area contributed by atoms with Gasteiger partial charge >= 0.3 is 12.4 Å². The van der Waals surface area contributed by atoms with Crippen molar-refractivity contribution in [2.75, 3.05) is 6.26 Å². The van der Waals surface area contributed by atoms with Crippen molar-refractivity contribution in [3.63, 3.8) is 0 Å². The van der Waals surface area contributed by atoms with Crippen molar-refractivity contribution in [3.05, 3.63) is 34.9 Å². The van der Waals surface area contributed by atoms with Gasteiger partial charge in [0.25, 0.3) is 0 Å². The summed E-state index contributed by atoms with van der Waals surface area (Å²) < 4.78 is 76.4. The molecule has 0 spiro atoms. The van der Waals surface area contributed by atoms with Gasteiger partial charge in [-0.25, -0.2) is 0 Å². The minimum Gasteiger partial charge on any atom is -0.351 e. The standard InChI is InChI=1S/C16H18F6N2OS/c1-26-14(3-2-12(23)7-14)13(25)24-8-9-4-10(15(17,18)19)6-11(5-9)16(20,21)22/h4-6,12H,2-3,7-8,23H2,1H3,(H,24,25)/t12-,14?/m1/s1. The van der Waals surface area contributed by atoms with E-state index in [1.165, 1.54) is 11.8 Å². The third kappa shape index (κ3) is 4.64. The van der Waals surface area contributed by atoms with Crippen LogP contribution in [0.2, 0.25) is 0 Å². The molecular formula is C16H18F6N2OS. The molecule has 1 saturated carbocycles. The van der Waals surface area contributed by atoms with E-state index in [9.17, 15) is 31.1 Å². The Morgan fingerprint density at radius 1 is 1.19 bits per heavy atom. The molecule has 10 heteroatoms. The molecule has 2 rings (SSSR count). The van der Waals surface area contributed by atoms with Gasteiger partial charge in [-0.05, 0) is 49.3 Å². The summed E-state index contributed by atoms with van der Waals surface area (Å²) in [6.07, 6.45) is -6.55. The van der Waals surface area contributed by atoms with Crippen LogP contribution in [0.4, 0.5) is 26.3 Å². The normalized spacial score (nSPS) is 23.9. The number of hydrogen-bond acceptors (Lipinski definition) is 3. The highest BCUT2D eigenvalue weighted by molar-refractivity contribution is 8.00. The van der Waals surface area contributed by atoms with Crippen molar-refractivity contribution < 1.29 is 31.1 Å². The summed E-state index contributed by atoms with van der Waals surface area (Å²) in [5, 5.41) is 2.46. The molecule has 2 atom stereocenters. The van der Waals surface area contributed by atoms with Crippen molar-refractivity contribution in [2.45, 2.75) is 48.9 Å². The lowest BCUT2D eigenvalue weighted by Crippen LogP contribution is -2.43. The Morgan fingerprint density at radius 2 is 1.73 bits per heavy atom. The SMILES string of the molecule is CSC1(C(=O)NCc2cc(C(F)(F)F)cc(C(F)(F)F)c2)CC[C@@H](N)C1. The fourth-order valence-electron chi connectivity index (χ4n) is 3.00. The van der Waals surface area contributed by atoms with Crippen molar-refractivity contribution in [3.8, 4) is 0 Å². The lowest BCUT2D eigenvalue weighted by Gasteiger charge is -2.26. The molecule has 0 radical (unpaired) electrons. The summed E-state index contributed by atoms with van der Waals surface area (Å²) in [5.41, 5.74) is 2.75. The van der Waals surface area contributed by atoms with Gasteiger partial charge in [0.05, 0.1) is 15.9 Å². The molecule has 0 bridgehead atoms. The zero-order chi connectivity index (χ0) is 19.8. The number of nitrogens with one attached hydrogen (secondary N) is 1. The number of thioether (sulfide) groups is 1. The minimum absolute atomic E-state index is 0.0602. The third-order valence-corrected chi connectivity index (χ3v) is 5.75. The number of hydrogen-bond donors (Lipinski definition) is 2. The highest BCUT2D eigenvalue weighted by Crippen LogP contribution is 2.40. The Kier molecular flexibility index (Phi) is 5.86. The van der Waals surface area contributed by atoms with E-state index in [-0.39, 0.29) is 17.7 Å². The van der Waals surface area contributed by atoms with Crippen LogP contribution in [0.5, 0.6) is 0 Å². The topological polar surface area (TPSA) is 55.1 Å². The fraction of sp³-hybridized carbons (Fsp3) is 0.562. The average molecular weight is 400 g/mol. The molecule has 1 unspecified atom stereocenters. The van der Waals surface area contributed by atoms with Crippen LogP contribution in [0.25, 0.3) is 0 Å². The second-order valence-corrected chi connectivity index (χ2v) is 7.49. The summed E-state index contributed by atoms with van der Waals surface area (Å²) in [4.78, 5) is 12.4. The summed E-state index contributed by atoms with van der Waals surface area (Å²) >= 11 is 1.29. The van der Waals surface area contributed by atoms with E-state index in [4.69, 9.17) is 5.73 Å². The van der Waals surface area contributed by atoms with Gasteiger partial charge in [-0.15, -0.1) is 11.8 Å². The maximum atomic E-state index is 12.9. The molecule has 1 aromatic rings. The first kappa shape index (κ1) is 20.9. The highest BCUT2D eigenvalue weighted by atomic mass is 32.2. The van der Waals surface area contributed by atoms with Crippen LogP contribution in [0.1, 0.15) is 36.0 Å². The molecule has 3 N–H and O–H groups in total. The molecule has 0 heterocycles. The van der Waals surface area contributed by atoms with Crippen LogP contribution in [0.3, 0.4) is 0 Å². The van der Waals surface area contributed by atoms with Gasteiger partial charge in [-0.2, -0.15) is 26.3 Å². The van der Waals surface area contributed by atoms with Crippen molar-refractivity contribution in [2.24, 2.45) is 5.73 Å². The molecule has 1 amide bonds. The van der Waals surface area contributed by atoms with Gasteiger partial charge in [0.15, 0.2) is 0 Å². The molecular weight excluding hydrogens is 382 g/mol. The Bertz CT molecular complexity index is 643. The van der Waals surface area contributed by atoms with E-state index in [0.717, 1.165) is 0 Å². The molecule has 1 aliphatic rings. The van der Waals surface area contributed by atoms with Gasteiger partial charge in [0.2, 0.25) is 5.91 Å². The minimum atomic E-state index is -4.92.